The molecule has 6 nitrogen and oxygen atoms in total. The number of sulfonamides is 1. The predicted octanol–water partition coefficient (Wildman–Crippen LogP) is 1.13. The topological polar surface area (TPSA) is 86.9 Å². The molecule has 0 amide bonds. The first kappa shape index (κ1) is 14.0. The predicted molar refractivity (Wildman–Crippen MR) is 75.6 cm³/mol. The Kier molecular flexibility index (Phi) is 3.83. The van der Waals surface area contributed by atoms with E-state index in [2.05, 4.69) is 27.2 Å². The molecule has 1 aromatic rings. The lowest BCUT2D eigenvalue weighted by Gasteiger charge is -2.07. The molecular weight excluding hydrogens is 276 g/mol. The van der Waals surface area contributed by atoms with E-state index in [4.69, 9.17) is 0 Å². The van der Waals surface area contributed by atoms with Crippen LogP contribution in [0.25, 0.3) is 0 Å². The minimum Gasteiger partial charge on any atom is -0.310 e. The molecule has 0 spiro atoms. The van der Waals surface area contributed by atoms with Crippen LogP contribution in [0, 0.1) is 5.92 Å². The van der Waals surface area contributed by atoms with Gasteiger partial charge < -0.3 is 5.32 Å². The van der Waals surface area contributed by atoms with Crippen molar-refractivity contribution < 1.29 is 8.42 Å². The number of hydrogen-bond acceptors (Lipinski definition) is 4. The zero-order valence-electron chi connectivity index (χ0n) is 11.7. The molecule has 1 heterocycles. The van der Waals surface area contributed by atoms with Crippen molar-refractivity contribution in [2.45, 2.75) is 62.7 Å². The highest BCUT2D eigenvalue weighted by Gasteiger charge is 2.40. The average Bonchev–Trinajstić information content (AvgIpc) is 3.29. The van der Waals surface area contributed by atoms with Gasteiger partial charge in [-0.1, -0.05) is 13.3 Å². The van der Waals surface area contributed by atoms with Crippen molar-refractivity contribution in [2.75, 3.05) is 0 Å². The summed E-state index contributed by atoms with van der Waals surface area (Å²) < 4.78 is 27.5. The number of H-pyrrole nitrogens is 1. The number of nitrogens with one attached hydrogen (secondary N) is 3. The second kappa shape index (κ2) is 5.46. The van der Waals surface area contributed by atoms with E-state index >= 15 is 0 Å². The first-order chi connectivity index (χ1) is 9.60. The van der Waals surface area contributed by atoms with Gasteiger partial charge in [-0.25, -0.2) is 13.1 Å². The van der Waals surface area contributed by atoms with Gasteiger partial charge in [0.1, 0.15) is 0 Å². The van der Waals surface area contributed by atoms with Crippen LogP contribution < -0.4 is 10.0 Å². The molecule has 112 valence electrons. The number of aromatic amines is 1. The SMILES string of the molecule is CCCC1CC1NS(=O)(=O)c1[nH]ncc1CNC1CC1. The molecular formula is C13H22N4O2S. The van der Waals surface area contributed by atoms with Gasteiger partial charge >= 0.3 is 0 Å². The Balaban J connectivity index is 1.63. The van der Waals surface area contributed by atoms with Gasteiger partial charge in [-0.3, -0.25) is 5.10 Å². The first-order valence-electron chi connectivity index (χ1n) is 7.38. The summed E-state index contributed by atoms with van der Waals surface area (Å²) in [5.41, 5.74) is 0.720. The van der Waals surface area contributed by atoms with Crippen molar-refractivity contribution >= 4 is 10.0 Å². The summed E-state index contributed by atoms with van der Waals surface area (Å²) >= 11 is 0. The Morgan fingerprint density at radius 3 is 2.95 bits per heavy atom. The molecule has 2 atom stereocenters. The maximum Gasteiger partial charge on any atom is 0.258 e. The monoisotopic (exact) mass is 298 g/mol. The lowest BCUT2D eigenvalue weighted by Crippen LogP contribution is -2.29. The molecule has 0 saturated heterocycles. The van der Waals surface area contributed by atoms with Crippen molar-refractivity contribution in [3.8, 4) is 0 Å². The number of rotatable bonds is 8. The molecule has 20 heavy (non-hydrogen) atoms. The van der Waals surface area contributed by atoms with Crippen molar-refractivity contribution in [1.82, 2.24) is 20.2 Å². The van der Waals surface area contributed by atoms with Crippen LogP contribution in [0.3, 0.4) is 0 Å². The van der Waals surface area contributed by atoms with E-state index in [0.29, 0.717) is 18.5 Å². The second-order valence-corrected chi connectivity index (χ2v) is 7.54. The van der Waals surface area contributed by atoms with Crippen LogP contribution in [0.4, 0.5) is 0 Å². The number of aromatic nitrogens is 2. The summed E-state index contributed by atoms with van der Waals surface area (Å²) in [6.45, 7) is 2.68. The first-order valence-corrected chi connectivity index (χ1v) is 8.86. The van der Waals surface area contributed by atoms with Gasteiger partial charge in [0.05, 0.1) is 6.20 Å². The summed E-state index contributed by atoms with van der Waals surface area (Å²) in [6.07, 6.45) is 7.10. The van der Waals surface area contributed by atoms with Crippen molar-refractivity contribution in [3.63, 3.8) is 0 Å². The largest absolute Gasteiger partial charge is 0.310 e. The quantitative estimate of drug-likeness (QED) is 0.671. The molecule has 2 unspecified atom stereocenters. The number of hydrogen-bond donors (Lipinski definition) is 3. The fourth-order valence-electron chi connectivity index (χ4n) is 2.54. The smallest absolute Gasteiger partial charge is 0.258 e. The van der Waals surface area contributed by atoms with Crippen LogP contribution in [-0.2, 0) is 16.6 Å². The third kappa shape index (κ3) is 3.21. The lowest BCUT2D eigenvalue weighted by molar-refractivity contribution is 0.566. The van der Waals surface area contributed by atoms with Crippen LogP contribution in [0.1, 0.15) is 44.6 Å². The summed E-state index contributed by atoms with van der Waals surface area (Å²) in [4.78, 5) is 0. The molecule has 7 heteroatoms. The molecule has 0 aromatic carbocycles. The van der Waals surface area contributed by atoms with Crippen LogP contribution in [-0.4, -0.2) is 30.7 Å². The normalized spacial score (nSPS) is 25.9. The van der Waals surface area contributed by atoms with Gasteiger partial charge in [0.25, 0.3) is 10.0 Å². The summed E-state index contributed by atoms with van der Waals surface area (Å²) in [5.74, 6) is 0.505. The maximum atomic E-state index is 12.4. The molecule has 0 radical (unpaired) electrons. The van der Waals surface area contributed by atoms with Gasteiger partial charge in [-0.15, -0.1) is 0 Å². The minimum absolute atomic E-state index is 0.104. The van der Waals surface area contributed by atoms with Gasteiger partial charge in [0.2, 0.25) is 0 Å². The summed E-state index contributed by atoms with van der Waals surface area (Å²) in [7, 11) is -3.47. The average molecular weight is 298 g/mol. The molecule has 3 N–H and O–H groups in total. The Hall–Kier alpha value is -0.920. The van der Waals surface area contributed by atoms with Crippen molar-refractivity contribution in [3.05, 3.63) is 11.8 Å². The second-order valence-electron chi connectivity index (χ2n) is 5.89. The van der Waals surface area contributed by atoms with Crippen LogP contribution in [0.5, 0.6) is 0 Å². The molecule has 2 saturated carbocycles. The van der Waals surface area contributed by atoms with Gasteiger partial charge in [-0.2, -0.15) is 5.10 Å². The third-order valence-corrected chi connectivity index (χ3v) is 5.50. The third-order valence-electron chi connectivity index (χ3n) is 3.99. The van der Waals surface area contributed by atoms with E-state index in [-0.39, 0.29) is 11.1 Å². The number of nitrogens with zero attached hydrogens (tertiary/aromatic N) is 1. The minimum atomic E-state index is -3.47. The fourth-order valence-corrected chi connectivity index (χ4v) is 3.99. The summed E-state index contributed by atoms with van der Waals surface area (Å²) in [6, 6.07) is 0.651. The zero-order valence-corrected chi connectivity index (χ0v) is 12.5. The molecule has 3 rings (SSSR count). The van der Waals surface area contributed by atoms with Crippen molar-refractivity contribution in [1.29, 1.82) is 0 Å². The molecule has 0 bridgehead atoms. The van der Waals surface area contributed by atoms with Gasteiger partial charge in [-0.05, 0) is 31.6 Å². The summed E-state index contributed by atoms with van der Waals surface area (Å²) in [5, 5.41) is 10.0. The Labute approximate surface area is 119 Å². The van der Waals surface area contributed by atoms with E-state index in [1.54, 1.807) is 6.20 Å². The maximum absolute atomic E-state index is 12.4. The van der Waals surface area contributed by atoms with E-state index in [1.807, 2.05) is 0 Å². The van der Waals surface area contributed by atoms with Crippen LogP contribution in [0.2, 0.25) is 0 Å². The molecule has 2 fully saturated rings. The van der Waals surface area contributed by atoms with E-state index in [9.17, 15) is 8.42 Å². The highest BCUT2D eigenvalue weighted by Crippen LogP contribution is 2.35. The van der Waals surface area contributed by atoms with E-state index < -0.39 is 10.0 Å². The Morgan fingerprint density at radius 1 is 1.45 bits per heavy atom. The molecule has 2 aliphatic carbocycles. The lowest BCUT2D eigenvalue weighted by atomic mass is 10.2. The van der Waals surface area contributed by atoms with E-state index in [0.717, 1.165) is 24.8 Å². The van der Waals surface area contributed by atoms with Crippen LogP contribution in [0.15, 0.2) is 11.2 Å². The standard InChI is InChI=1S/C13H22N4O2S/c1-2-3-9-6-12(9)17-20(18,19)13-10(8-15-16-13)7-14-11-4-5-11/h8-9,11-12,14,17H,2-7H2,1H3,(H,15,16). The molecule has 0 aliphatic heterocycles. The molecule has 1 aromatic heterocycles. The zero-order chi connectivity index (χ0) is 14.2. The fraction of sp³-hybridized carbons (Fsp3) is 0.769. The van der Waals surface area contributed by atoms with Gasteiger partial charge in [0.15, 0.2) is 5.03 Å². The van der Waals surface area contributed by atoms with Crippen LogP contribution >= 0.6 is 0 Å². The van der Waals surface area contributed by atoms with Crippen molar-refractivity contribution in [2.24, 2.45) is 5.92 Å². The van der Waals surface area contributed by atoms with E-state index in [1.165, 1.54) is 12.8 Å². The molecule has 2 aliphatic rings. The Morgan fingerprint density at radius 2 is 2.25 bits per heavy atom. The Bertz CT molecular complexity index is 565. The highest BCUT2D eigenvalue weighted by molar-refractivity contribution is 7.89. The van der Waals surface area contributed by atoms with Gasteiger partial charge in [0, 0.05) is 24.2 Å². The highest BCUT2D eigenvalue weighted by atomic mass is 32.2.